The number of hydrogen-bond acceptors (Lipinski definition) is 3. The summed E-state index contributed by atoms with van der Waals surface area (Å²) < 4.78 is 0.961. The molecule has 0 unspecified atom stereocenters. The number of nitrogens with zero attached hydrogens (tertiary/aromatic N) is 2. The van der Waals surface area contributed by atoms with Crippen LogP contribution in [0.15, 0.2) is 24.3 Å². The zero-order valence-electron chi connectivity index (χ0n) is 12.4. The van der Waals surface area contributed by atoms with Gasteiger partial charge in [-0.1, -0.05) is 50.6 Å². The summed E-state index contributed by atoms with van der Waals surface area (Å²) in [5, 5.41) is 0. The average Bonchev–Trinajstić information content (AvgIpc) is 2.35. The summed E-state index contributed by atoms with van der Waals surface area (Å²) >= 11 is 2.23. The monoisotopic (exact) mass is 381 g/mol. The maximum atomic E-state index is 6.04. The third-order valence-corrected chi connectivity index (χ3v) is 4.18. The first-order chi connectivity index (χ1) is 9.27. The molecule has 0 aliphatic carbocycles. The first kappa shape index (κ1) is 15.2. The molecule has 0 aliphatic rings. The molecule has 0 fully saturated rings. The van der Waals surface area contributed by atoms with Crippen molar-refractivity contribution < 1.29 is 0 Å². The number of aryl methyl sites for hydroxylation is 1. The molecular formula is C16H20IN3. The lowest BCUT2D eigenvalue weighted by Gasteiger charge is -2.21. The molecule has 0 bridgehead atoms. The lowest BCUT2D eigenvalue weighted by molar-refractivity contribution is 0.559. The van der Waals surface area contributed by atoms with E-state index in [1.54, 1.807) is 0 Å². The van der Waals surface area contributed by atoms with Gasteiger partial charge in [0.05, 0.1) is 9.26 Å². The third kappa shape index (κ3) is 3.48. The van der Waals surface area contributed by atoms with E-state index in [2.05, 4.69) is 79.5 Å². The van der Waals surface area contributed by atoms with Crippen LogP contribution in [-0.2, 0) is 11.8 Å². The lowest BCUT2D eigenvalue weighted by atomic mass is 9.92. The van der Waals surface area contributed by atoms with Crippen molar-refractivity contribution >= 4 is 28.4 Å². The lowest BCUT2D eigenvalue weighted by Crippen LogP contribution is -2.19. The molecule has 0 radical (unpaired) electrons. The molecule has 0 aliphatic heterocycles. The van der Waals surface area contributed by atoms with Crippen molar-refractivity contribution in [3.05, 3.63) is 50.5 Å². The summed E-state index contributed by atoms with van der Waals surface area (Å²) in [5.41, 5.74) is 9.49. The second kappa shape index (κ2) is 5.68. The van der Waals surface area contributed by atoms with Crippen molar-refractivity contribution in [2.45, 2.75) is 39.5 Å². The Balaban J connectivity index is 2.38. The molecule has 0 saturated heterocycles. The van der Waals surface area contributed by atoms with Gasteiger partial charge in [-0.05, 0) is 35.1 Å². The Morgan fingerprint density at radius 3 is 2.25 bits per heavy atom. The highest BCUT2D eigenvalue weighted by atomic mass is 127. The molecule has 20 heavy (non-hydrogen) atoms. The number of rotatable bonds is 2. The number of halogens is 1. The van der Waals surface area contributed by atoms with Gasteiger partial charge in [-0.25, -0.2) is 9.97 Å². The molecule has 1 aromatic heterocycles. The van der Waals surface area contributed by atoms with Gasteiger partial charge >= 0.3 is 0 Å². The summed E-state index contributed by atoms with van der Waals surface area (Å²) in [4.78, 5) is 9.15. The van der Waals surface area contributed by atoms with E-state index in [0.717, 1.165) is 15.1 Å². The Morgan fingerprint density at radius 1 is 1.10 bits per heavy atom. The third-order valence-electron chi connectivity index (χ3n) is 3.12. The van der Waals surface area contributed by atoms with E-state index in [1.807, 2.05) is 0 Å². The highest BCUT2D eigenvalue weighted by molar-refractivity contribution is 14.1. The number of nitrogen functional groups attached to an aromatic ring is 1. The van der Waals surface area contributed by atoms with Crippen LogP contribution >= 0.6 is 22.6 Å². The molecule has 3 nitrogen and oxygen atoms in total. The standard InChI is InChI=1S/C16H20IN3/c1-10-5-7-11(8-6-10)9-12-19-14(16(2,3)4)13(17)15(18)20-12/h5-8H,9H2,1-4H3,(H2,18,19,20). The summed E-state index contributed by atoms with van der Waals surface area (Å²) in [6.45, 7) is 8.52. The Hall–Kier alpha value is -1.17. The van der Waals surface area contributed by atoms with E-state index in [-0.39, 0.29) is 5.41 Å². The second-order valence-corrected chi connectivity index (χ2v) is 7.18. The SMILES string of the molecule is Cc1ccc(Cc2nc(N)c(I)c(C(C)(C)C)n2)cc1. The van der Waals surface area contributed by atoms with Crippen LogP contribution in [0.4, 0.5) is 5.82 Å². The Kier molecular flexibility index (Phi) is 4.32. The van der Waals surface area contributed by atoms with E-state index in [1.165, 1.54) is 11.1 Å². The van der Waals surface area contributed by atoms with Gasteiger partial charge < -0.3 is 5.73 Å². The van der Waals surface area contributed by atoms with Gasteiger partial charge in [-0.15, -0.1) is 0 Å². The smallest absolute Gasteiger partial charge is 0.140 e. The number of hydrogen-bond donors (Lipinski definition) is 1. The van der Waals surface area contributed by atoms with Gasteiger partial charge in [-0.2, -0.15) is 0 Å². The molecule has 0 atom stereocenters. The molecule has 0 spiro atoms. The van der Waals surface area contributed by atoms with E-state index in [9.17, 15) is 0 Å². The van der Waals surface area contributed by atoms with Crippen LogP contribution in [-0.4, -0.2) is 9.97 Å². The van der Waals surface area contributed by atoms with E-state index < -0.39 is 0 Å². The number of benzene rings is 1. The Bertz CT molecular complexity index is 613. The molecule has 2 rings (SSSR count). The number of aromatic nitrogens is 2. The van der Waals surface area contributed by atoms with Crippen molar-refractivity contribution in [1.29, 1.82) is 0 Å². The van der Waals surface area contributed by atoms with E-state index in [4.69, 9.17) is 10.7 Å². The van der Waals surface area contributed by atoms with Crippen LogP contribution in [0.1, 0.15) is 43.4 Å². The van der Waals surface area contributed by atoms with Gasteiger partial charge in [0.15, 0.2) is 0 Å². The molecule has 2 aromatic rings. The van der Waals surface area contributed by atoms with Gasteiger partial charge in [-0.3, -0.25) is 0 Å². The zero-order chi connectivity index (χ0) is 14.9. The van der Waals surface area contributed by atoms with E-state index in [0.29, 0.717) is 12.2 Å². The number of anilines is 1. The minimum absolute atomic E-state index is 0.0321. The van der Waals surface area contributed by atoms with Crippen LogP contribution in [0.25, 0.3) is 0 Å². The van der Waals surface area contributed by atoms with Crippen molar-refractivity contribution in [1.82, 2.24) is 9.97 Å². The largest absolute Gasteiger partial charge is 0.383 e. The first-order valence-electron chi connectivity index (χ1n) is 6.65. The van der Waals surface area contributed by atoms with Crippen LogP contribution in [0, 0.1) is 10.5 Å². The predicted molar refractivity (Wildman–Crippen MR) is 91.8 cm³/mol. The zero-order valence-corrected chi connectivity index (χ0v) is 14.5. The fraction of sp³-hybridized carbons (Fsp3) is 0.375. The van der Waals surface area contributed by atoms with Gasteiger partial charge in [0.1, 0.15) is 11.6 Å². The fourth-order valence-corrected chi connectivity index (χ4v) is 3.03. The van der Waals surface area contributed by atoms with Crippen molar-refractivity contribution in [2.75, 3.05) is 5.73 Å². The van der Waals surface area contributed by atoms with Crippen molar-refractivity contribution in [2.24, 2.45) is 0 Å². The highest BCUT2D eigenvalue weighted by Crippen LogP contribution is 2.28. The molecule has 0 amide bonds. The van der Waals surface area contributed by atoms with Crippen LogP contribution in [0.5, 0.6) is 0 Å². The van der Waals surface area contributed by atoms with Gasteiger partial charge in [0.2, 0.25) is 0 Å². The molecule has 1 heterocycles. The first-order valence-corrected chi connectivity index (χ1v) is 7.73. The van der Waals surface area contributed by atoms with Crippen LogP contribution < -0.4 is 5.73 Å². The summed E-state index contributed by atoms with van der Waals surface area (Å²) in [6.07, 6.45) is 0.713. The topological polar surface area (TPSA) is 51.8 Å². The van der Waals surface area contributed by atoms with Crippen molar-refractivity contribution in [3.8, 4) is 0 Å². The van der Waals surface area contributed by atoms with Gasteiger partial charge in [0, 0.05) is 11.8 Å². The van der Waals surface area contributed by atoms with Crippen LogP contribution in [0.3, 0.4) is 0 Å². The second-order valence-electron chi connectivity index (χ2n) is 6.10. The maximum absolute atomic E-state index is 6.04. The number of nitrogens with two attached hydrogens (primary N) is 1. The highest BCUT2D eigenvalue weighted by Gasteiger charge is 2.22. The molecule has 4 heteroatoms. The van der Waals surface area contributed by atoms with E-state index >= 15 is 0 Å². The minimum atomic E-state index is -0.0321. The summed E-state index contributed by atoms with van der Waals surface area (Å²) in [5.74, 6) is 1.37. The minimum Gasteiger partial charge on any atom is -0.383 e. The molecule has 2 N–H and O–H groups in total. The van der Waals surface area contributed by atoms with Crippen LogP contribution in [0.2, 0.25) is 0 Å². The molecule has 106 valence electrons. The normalized spacial score (nSPS) is 11.7. The Morgan fingerprint density at radius 2 is 1.70 bits per heavy atom. The molecule has 1 aromatic carbocycles. The van der Waals surface area contributed by atoms with Crippen molar-refractivity contribution in [3.63, 3.8) is 0 Å². The summed E-state index contributed by atoms with van der Waals surface area (Å²) in [7, 11) is 0. The van der Waals surface area contributed by atoms with Gasteiger partial charge in [0.25, 0.3) is 0 Å². The summed E-state index contributed by atoms with van der Waals surface area (Å²) in [6, 6.07) is 8.44. The average molecular weight is 381 g/mol. The fourth-order valence-electron chi connectivity index (χ4n) is 1.98. The molecular weight excluding hydrogens is 361 g/mol. The molecule has 0 saturated carbocycles. The Labute approximate surface area is 134 Å². The quantitative estimate of drug-likeness (QED) is 0.804. The maximum Gasteiger partial charge on any atom is 0.140 e. The predicted octanol–water partition coefficient (Wildman–Crippen LogP) is 3.86.